The predicted octanol–water partition coefficient (Wildman–Crippen LogP) is 5.09. The molecule has 0 aliphatic rings. The number of aromatic amines is 1. The molecule has 3 N–H and O–H groups in total. The Hall–Kier alpha value is -3.08. The maximum Gasteiger partial charge on any atom is 0.297 e. The van der Waals surface area contributed by atoms with Gasteiger partial charge in [0.2, 0.25) is 5.71 Å². The largest absolute Gasteiger partial charge is 0.404 e. The summed E-state index contributed by atoms with van der Waals surface area (Å²) in [6.45, 7) is 6.01. The maximum absolute atomic E-state index is 14.7. The van der Waals surface area contributed by atoms with E-state index < -0.39 is 17.0 Å². The standard InChI is InChI=1S/C24H27F2N5O3.ClH/c1-13(9-10-33-4)27-23-29-18-8-7-17(28-21(18)34-23)20-19(15-6-5-14(25)11-16(15)26)30-22(31-20)24(2,3)12-32;/h5-8,11,13,32H,9-10,12H2,1-4H3,(H,27,29)(H,30,31);1H/t13-;/m0./s1. The molecule has 0 bridgehead atoms. The van der Waals surface area contributed by atoms with E-state index >= 15 is 0 Å². The molecular formula is C24H28ClF2N5O3. The van der Waals surface area contributed by atoms with E-state index in [1.165, 1.54) is 12.1 Å². The highest BCUT2D eigenvalue weighted by Gasteiger charge is 2.28. The molecule has 0 saturated carbocycles. The predicted molar refractivity (Wildman–Crippen MR) is 132 cm³/mol. The zero-order chi connectivity index (χ0) is 24.5. The molecule has 11 heteroatoms. The quantitative estimate of drug-likeness (QED) is 0.289. The second kappa shape index (κ2) is 10.7. The number of aliphatic hydroxyl groups is 1. The molecule has 8 nitrogen and oxygen atoms in total. The monoisotopic (exact) mass is 507 g/mol. The second-order valence-corrected chi connectivity index (χ2v) is 8.84. The van der Waals surface area contributed by atoms with Gasteiger partial charge < -0.3 is 24.6 Å². The van der Waals surface area contributed by atoms with Crippen molar-refractivity contribution in [1.82, 2.24) is 19.9 Å². The van der Waals surface area contributed by atoms with Crippen LogP contribution < -0.4 is 5.32 Å². The third-order valence-corrected chi connectivity index (χ3v) is 5.56. The molecule has 0 aliphatic carbocycles. The third kappa shape index (κ3) is 5.61. The molecule has 35 heavy (non-hydrogen) atoms. The van der Waals surface area contributed by atoms with Crippen LogP contribution in [0.15, 0.2) is 34.7 Å². The van der Waals surface area contributed by atoms with Gasteiger partial charge in [-0.05, 0) is 37.6 Å². The number of fused-ring (bicyclic) bond motifs is 1. The average Bonchev–Trinajstić information content (AvgIpc) is 3.41. The van der Waals surface area contributed by atoms with E-state index in [9.17, 15) is 13.9 Å². The van der Waals surface area contributed by atoms with Gasteiger partial charge in [0.05, 0.1) is 18.0 Å². The SMILES string of the molecule is COCC[C@H](C)Nc1nc2ccc(-c3[nH]c(C(C)(C)CO)nc3-c3ccc(F)cc3F)nc2o1.Cl. The van der Waals surface area contributed by atoms with E-state index in [2.05, 4.69) is 25.3 Å². The Kier molecular flexibility index (Phi) is 8.09. The Morgan fingerprint density at radius 3 is 2.63 bits per heavy atom. The number of imidazole rings is 1. The zero-order valence-corrected chi connectivity index (χ0v) is 20.7. The van der Waals surface area contributed by atoms with Crippen molar-refractivity contribution in [3.63, 3.8) is 0 Å². The molecule has 0 spiro atoms. The van der Waals surface area contributed by atoms with Crippen molar-refractivity contribution >= 4 is 29.7 Å². The number of aliphatic hydroxyl groups excluding tert-OH is 1. The molecule has 0 saturated heterocycles. The Bertz CT molecular complexity index is 1310. The summed E-state index contributed by atoms with van der Waals surface area (Å²) in [5.74, 6) is -0.994. The van der Waals surface area contributed by atoms with E-state index in [-0.39, 0.29) is 36.3 Å². The lowest BCUT2D eigenvalue weighted by Crippen LogP contribution is -2.23. The molecule has 1 aromatic carbocycles. The number of anilines is 1. The summed E-state index contributed by atoms with van der Waals surface area (Å²) in [4.78, 5) is 16.7. The summed E-state index contributed by atoms with van der Waals surface area (Å²) in [6, 6.07) is 7.18. The third-order valence-electron chi connectivity index (χ3n) is 5.56. The lowest BCUT2D eigenvalue weighted by Gasteiger charge is -2.18. The van der Waals surface area contributed by atoms with Crippen molar-refractivity contribution in [3.8, 4) is 22.6 Å². The van der Waals surface area contributed by atoms with Gasteiger partial charge in [-0.3, -0.25) is 0 Å². The van der Waals surface area contributed by atoms with Crippen molar-refractivity contribution < 1.29 is 23.0 Å². The molecule has 1 atom stereocenters. The first-order valence-corrected chi connectivity index (χ1v) is 10.9. The lowest BCUT2D eigenvalue weighted by molar-refractivity contribution is 0.191. The fourth-order valence-corrected chi connectivity index (χ4v) is 3.43. The summed E-state index contributed by atoms with van der Waals surface area (Å²) >= 11 is 0. The zero-order valence-electron chi connectivity index (χ0n) is 19.9. The number of benzene rings is 1. The van der Waals surface area contributed by atoms with Gasteiger partial charge in [-0.15, -0.1) is 12.4 Å². The summed E-state index contributed by atoms with van der Waals surface area (Å²) < 4.78 is 39.1. The van der Waals surface area contributed by atoms with Crippen LogP contribution >= 0.6 is 12.4 Å². The van der Waals surface area contributed by atoms with E-state index in [1.807, 2.05) is 6.92 Å². The number of nitrogens with one attached hydrogen (secondary N) is 2. The minimum atomic E-state index is -0.751. The molecule has 4 aromatic rings. The number of nitrogens with zero attached hydrogens (tertiary/aromatic N) is 3. The Morgan fingerprint density at radius 2 is 1.94 bits per heavy atom. The van der Waals surface area contributed by atoms with Gasteiger partial charge >= 0.3 is 0 Å². The smallest absolute Gasteiger partial charge is 0.297 e. The van der Waals surface area contributed by atoms with E-state index in [0.29, 0.717) is 41.1 Å². The number of rotatable bonds is 9. The van der Waals surface area contributed by atoms with Crippen molar-refractivity contribution in [2.75, 3.05) is 25.6 Å². The van der Waals surface area contributed by atoms with Crippen LogP contribution in [-0.4, -0.2) is 51.4 Å². The Labute approximate surface area is 207 Å². The highest BCUT2D eigenvalue weighted by atomic mass is 35.5. The van der Waals surface area contributed by atoms with Crippen LogP contribution in [0.25, 0.3) is 33.9 Å². The summed E-state index contributed by atoms with van der Waals surface area (Å²) in [5, 5.41) is 13.0. The van der Waals surface area contributed by atoms with Crippen LogP contribution in [-0.2, 0) is 10.2 Å². The summed E-state index contributed by atoms with van der Waals surface area (Å²) in [5.41, 5.74) is 1.35. The molecule has 3 aromatic heterocycles. The molecule has 0 amide bonds. The first-order valence-electron chi connectivity index (χ1n) is 10.9. The molecule has 4 rings (SSSR count). The van der Waals surface area contributed by atoms with Crippen LogP contribution in [0.2, 0.25) is 0 Å². The fraction of sp³-hybridized carbons (Fsp3) is 0.375. The summed E-state index contributed by atoms with van der Waals surface area (Å²) in [6.07, 6.45) is 0.776. The maximum atomic E-state index is 14.7. The number of hydrogen-bond acceptors (Lipinski definition) is 7. The topological polar surface area (TPSA) is 109 Å². The van der Waals surface area contributed by atoms with Gasteiger partial charge in [0.15, 0.2) is 0 Å². The molecule has 0 radical (unpaired) electrons. The van der Waals surface area contributed by atoms with Crippen LogP contribution in [0.5, 0.6) is 0 Å². The summed E-state index contributed by atoms with van der Waals surface area (Å²) in [7, 11) is 1.65. The second-order valence-electron chi connectivity index (χ2n) is 8.84. The Morgan fingerprint density at radius 1 is 1.17 bits per heavy atom. The van der Waals surface area contributed by atoms with Gasteiger partial charge in [-0.2, -0.15) is 4.98 Å². The van der Waals surface area contributed by atoms with E-state index in [4.69, 9.17) is 9.15 Å². The minimum Gasteiger partial charge on any atom is -0.404 e. The van der Waals surface area contributed by atoms with Gasteiger partial charge in [0.1, 0.15) is 28.7 Å². The first kappa shape index (κ1) is 26.5. The van der Waals surface area contributed by atoms with E-state index in [1.54, 1.807) is 33.1 Å². The molecule has 0 fully saturated rings. The number of oxazole rings is 1. The number of H-pyrrole nitrogens is 1. The van der Waals surface area contributed by atoms with Gasteiger partial charge in [0, 0.05) is 36.8 Å². The lowest BCUT2D eigenvalue weighted by atomic mass is 9.94. The minimum absolute atomic E-state index is 0. The van der Waals surface area contributed by atoms with E-state index in [0.717, 1.165) is 12.5 Å². The normalized spacial score (nSPS) is 12.5. The van der Waals surface area contributed by atoms with Crippen LogP contribution in [0.1, 0.15) is 33.0 Å². The van der Waals surface area contributed by atoms with Gasteiger partial charge in [-0.25, -0.2) is 18.7 Å². The van der Waals surface area contributed by atoms with Crippen molar-refractivity contribution in [1.29, 1.82) is 0 Å². The number of ether oxygens (including phenoxy) is 1. The number of halogens is 3. The number of methoxy groups -OCH3 is 1. The van der Waals surface area contributed by atoms with Crippen LogP contribution in [0.4, 0.5) is 14.8 Å². The van der Waals surface area contributed by atoms with Crippen LogP contribution in [0, 0.1) is 11.6 Å². The van der Waals surface area contributed by atoms with Crippen molar-refractivity contribution in [2.24, 2.45) is 0 Å². The molecule has 3 heterocycles. The molecule has 188 valence electrons. The van der Waals surface area contributed by atoms with Crippen LogP contribution in [0.3, 0.4) is 0 Å². The number of hydrogen-bond donors (Lipinski definition) is 3. The number of pyridine rings is 1. The first-order chi connectivity index (χ1) is 16.2. The van der Waals surface area contributed by atoms with Crippen molar-refractivity contribution in [3.05, 3.63) is 47.8 Å². The molecular weight excluding hydrogens is 480 g/mol. The molecule has 0 aliphatic heterocycles. The van der Waals surface area contributed by atoms with Gasteiger partial charge in [-0.1, -0.05) is 13.8 Å². The Balaban J connectivity index is 0.00000342. The van der Waals surface area contributed by atoms with Gasteiger partial charge in [0.25, 0.3) is 6.01 Å². The number of aromatic nitrogens is 4. The molecule has 0 unspecified atom stereocenters. The highest BCUT2D eigenvalue weighted by molar-refractivity contribution is 5.85. The average molecular weight is 508 g/mol. The fourth-order valence-electron chi connectivity index (χ4n) is 3.43. The highest BCUT2D eigenvalue weighted by Crippen LogP contribution is 2.35. The van der Waals surface area contributed by atoms with Crippen molar-refractivity contribution in [2.45, 2.75) is 38.6 Å².